The van der Waals surface area contributed by atoms with Crippen LogP contribution < -0.4 is 16.2 Å². The van der Waals surface area contributed by atoms with Gasteiger partial charge in [-0.05, 0) is 40.2 Å². The molecular formula is C16H22N4O3S2. The number of hydrogen-bond donors (Lipinski definition) is 2. The Morgan fingerprint density at radius 1 is 1.32 bits per heavy atom. The minimum absolute atomic E-state index is 0.00675. The molecule has 25 heavy (non-hydrogen) atoms. The van der Waals surface area contributed by atoms with Crippen molar-refractivity contribution in [3.63, 3.8) is 0 Å². The Balaban J connectivity index is 2.19. The molecule has 9 heteroatoms. The summed E-state index contributed by atoms with van der Waals surface area (Å²) in [5.74, 6) is -0.425. The molecule has 2 aromatic heterocycles. The number of aryl methyl sites for hydroxylation is 2. The quantitative estimate of drug-likeness (QED) is 0.612. The van der Waals surface area contributed by atoms with Gasteiger partial charge in [0.05, 0.1) is 11.1 Å². The molecule has 3 amide bonds. The Labute approximate surface area is 154 Å². The van der Waals surface area contributed by atoms with Crippen molar-refractivity contribution < 1.29 is 9.59 Å². The first-order chi connectivity index (χ1) is 11.7. The lowest BCUT2D eigenvalue weighted by Gasteiger charge is -2.11. The zero-order valence-electron chi connectivity index (χ0n) is 14.9. The van der Waals surface area contributed by atoms with Gasteiger partial charge >= 0.3 is 6.03 Å². The van der Waals surface area contributed by atoms with Gasteiger partial charge in [0.2, 0.25) is 5.91 Å². The van der Waals surface area contributed by atoms with Gasteiger partial charge in [-0.1, -0.05) is 11.8 Å². The molecule has 2 N–H and O–H groups in total. The maximum atomic E-state index is 12.7. The van der Waals surface area contributed by atoms with Crippen molar-refractivity contribution in [2.75, 3.05) is 5.75 Å². The van der Waals surface area contributed by atoms with E-state index in [9.17, 15) is 14.4 Å². The molecule has 0 saturated carbocycles. The van der Waals surface area contributed by atoms with E-state index in [0.717, 1.165) is 22.2 Å². The molecule has 2 aromatic rings. The molecular weight excluding hydrogens is 360 g/mol. The molecule has 0 aromatic carbocycles. The number of nitrogens with one attached hydrogen (secondary N) is 2. The van der Waals surface area contributed by atoms with Gasteiger partial charge in [-0.25, -0.2) is 9.78 Å². The fraction of sp³-hybridized carbons (Fsp3) is 0.500. The van der Waals surface area contributed by atoms with Crippen molar-refractivity contribution in [1.29, 1.82) is 0 Å². The average molecular weight is 383 g/mol. The number of thiophene rings is 1. The highest BCUT2D eigenvalue weighted by atomic mass is 32.2. The third-order valence-electron chi connectivity index (χ3n) is 3.58. The Kier molecular flexibility index (Phi) is 6.23. The maximum absolute atomic E-state index is 12.7. The fourth-order valence-electron chi connectivity index (χ4n) is 2.29. The number of carbonyl (C=O) groups excluding carboxylic acids is 2. The van der Waals surface area contributed by atoms with Crippen molar-refractivity contribution in [1.82, 2.24) is 20.2 Å². The van der Waals surface area contributed by atoms with Gasteiger partial charge < -0.3 is 5.32 Å². The zero-order chi connectivity index (χ0) is 18.7. The Bertz CT molecular complexity index is 870. The minimum atomic E-state index is -0.526. The molecule has 2 heterocycles. The first kappa shape index (κ1) is 19.5. The third kappa shape index (κ3) is 4.40. The summed E-state index contributed by atoms with van der Waals surface area (Å²) in [6.45, 7) is 9.83. The number of thioether (sulfide) groups is 1. The van der Waals surface area contributed by atoms with Crippen molar-refractivity contribution >= 4 is 45.3 Å². The van der Waals surface area contributed by atoms with Crippen LogP contribution in [0.1, 0.15) is 31.2 Å². The highest BCUT2D eigenvalue weighted by Crippen LogP contribution is 2.28. The minimum Gasteiger partial charge on any atom is -0.336 e. The van der Waals surface area contributed by atoms with E-state index in [4.69, 9.17) is 0 Å². The summed E-state index contributed by atoms with van der Waals surface area (Å²) in [5, 5.41) is 5.98. The normalized spacial score (nSPS) is 11.1. The summed E-state index contributed by atoms with van der Waals surface area (Å²) in [7, 11) is 0. The molecule has 0 atom stereocenters. The lowest BCUT2D eigenvalue weighted by atomic mass is 10.2. The molecule has 0 aliphatic heterocycles. The van der Waals surface area contributed by atoms with Crippen LogP contribution in [-0.4, -0.2) is 33.3 Å². The zero-order valence-corrected chi connectivity index (χ0v) is 16.6. The highest BCUT2D eigenvalue weighted by Gasteiger charge is 2.17. The summed E-state index contributed by atoms with van der Waals surface area (Å²) in [4.78, 5) is 42.5. The lowest BCUT2D eigenvalue weighted by molar-refractivity contribution is -0.117. The van der Waals surface area contributed by atoms with E-state index < -0.39 is 11.9 Å². The highest BCUT2D eigenvalue weighted by molar-refractivity contribution is 7.99. The number of amides is 3. The summed E-state index contributed by atoms with van der Waals surface area (Å²) >= 11 is 2.63. The van der Waals surface area contributed by atoms with Crippen LogP contribution in [0.25, 0.3) is 10.2 Å². The molecule has 7 nitrogen and oxygen atoms in total. The van der Waals surface area contributed by atoms with Gasteiger partial charge in [-0.2, -0.15) is 0 Å². The predicted molar refractivity (Wildman–Crippen MR) is 102 cm³/mol. The summed E-state index contributed by atoms with van der Waals surface area (Å²) < 4.78 is 1.56. The Morgan fingerprint density at radius 3 is 2.60 bits per heavy atom. The van der Waals surface area contributed by atoms with Gasteiger partial charge in [0.15, 0.2) is 5.16 Å². The molecule has 0 bridgehead atoms. The topological polar surface area (TPSA) is 93.1 Å². The Hall–Kier alpha value is -1.87. The van der Waals surface area contributed by atoms with Crippen LogP contribution >= 0.6 is 23.1 Å². The van der Waals surface area contributed by atoms with Gasteiger partial charge in [0.1, 0.15) is 4.83 Å². The molecule has 0 aliphatic carbocycles. The van der Waals surface area contributed by atoms with Gasteiger partial charge in [0.25, 0.3) is 5.56 Å². The largest absolute Gasteiger partial charge is 0.336 e. The Morgan fingerprint density at radius 2 is 2.00 bits per heavy atom. The van der Waals surface area contributed by atoms with Crippen LogP contribution in [0.5, 0.6) is 0 Å². The monoisotopic (exact) mass is 382 g/mol. The van der Waals surface area contributed by atoms with E-state index in [1.165, 1.54) is 11.3 Å². The SMILES string of the molecule is CCn1c(SCC(=O)NC(=O)NC(C)C)nc2sc(C)c(C)c2c1=O. The predicted octanol–water partition coefficient (Wildman–Crippen LogP) is 2.42. The van der Waals surface area contributed by atoms with Crippen molar-refractivity contribution in [3.05, 3.63) is 20.8 Å². The number of aromatic nitrogens is 2. The average Bonchev–Trinajstić information content (AvgIpc) is 2.79. The van der Waals surface area contributed by atoms with E-state index in [2.05, 4.69) is 15.6 Å². The van der Waals surface area contributed by atoms with E-state index in [1.807, 2.05) is 34.6 Å². The molecule has 0 saturated heterocycles. The van der Waals surface area contributed by atoms with Crippen LogP contribution in [0.4, 0.5) is 4.79 Å². The number of carbonyl (C=O) groups is 2. The number of imide groups is 1. The third-order valence-corrected chi connectivity index (χ3v) is 5.65. The van der Waals surface area contributed by atoms with Crippen LogP contribution in [0.15, 0.2) is 9.95 Å². The molecule has 0 aliphatic rings. The van der Waals surface area contributed by atoms with E-state index >= 15 is 0 Å². The number of rotatable bonds is 5. The molecule has 2 rings (SSSR count). The van der Waals surface area contributed by atoms with Crippen LogP contribution in [0, 0.1) is 13.8 Å². The van der Waals surface area contributed by atoms with Crippen LogP contribution in [0.3, 0.4) is 0 Å². The molecule has 0 radical (unpaired) electrons. The van der Waals surface area contributed by atoms with Crippen molar-refractivity contribution in [2.45, 2.75) is 52.4 Å². The second-order valence-corrected chi connectivity index (χ2v) is 8.02. The molecule has 0 spiro atoms. The van der Waals surface area contributed by atoms with Crippen LogP contribution in [0.2, 0.25) is 0 Å². The molecule has 136 valence electrons. The summed E-state index contributed by atoms with van der Waals surface area (Å²) in [5.41, 5.74) is 0.870. The summed E-state index contributed by atoms with van der Waals surface area (Å²) in [6.07, 6.45) is 0. The van der Waals surface area contributed by atoms with Crippen molar-refractivity contribution in [3.8, 4) is 0 Å². The van der Waals surface area contributed by atoms with Gasteiger partial charge in [-0.3, -0.25) is 19.5 Å². The molecule has 0 fully saturated rings. The standard InChI is InChI=1S/C16H22N4O3S2/c1-6-20-14(22)12-9(4)10(5)25-13(12)19-16(20)24-7-11(21)18-15(23)17-8(2)3/h8H,6-7H2,1-5H3,(H2,17,18,21,23). The number of urea groups is 1. The molecule has 0 unspecified atom stereocenters. The smallest absolute Gasteiger partial charge is 0.321 e. The van der Waals surface area contributed by atoms with Gasteiger partial charge in [-0.15, -0.1) is 11.3 Å². The first-order valence-electron chi connectivity index (χ1n) is 7.98. The van der Waals surface area contributed by atoms with Crippen molar-refractivity contribution in [2.24, 2.45) is 0 Å². The number of hydrogen-bond acceptors (Lipinski definition) is 6. The van der Waals surface area contributed by atoms with E-state index in [0.29, 0.717) is 21.9 Å². The summed E-state index contributed by atoms with van der Waals surface area (Å²) in [6, 6.07) is -0.582. The van der Waals surface area contributed by atoms with E-state index in [1.54, 1.807) is 4.57 Å². The fourth-order valence-corrected chi connectivity index (χ4v) is 4.22. The lowest BCUT2D eigenvalue weighted by Crippen LogP contribution is -2.43. The van der Waals surface area contributed by atoms with E-state index in [-0.39, 0.29) is 17.4 Å². The second-order valence-electron chi connectivity index (χ2n) is 5.87. The first-order valence-corrected chi connectivity index (χ1v) is 9.78. The van der Waals surface area contributed by atoms with Gasteiger partial charge in [0, 0.05) is 17.5 Å². The maximum Gasteiger partial charge on any atom is 0.321 e. The van der Waals surface area contributed by atoms with Crippen LogP contribution in [-0.2, 0) is 11.3 Å². The number of nitrogens with zero attached hydrogens (tertiary/aromatic N) is 2. The number of fused-ring (bicyclic) bond motifs is 1. The second kappa shape index (κ2) is 8.01.